The molecule has 1 heterocycles. The molecule has 1 aromatic rings. The lowest BCUT2D eigenvalue weighted by Gasteiger charge is -2.22. The number of aryl methyl sites for hydroxylation is 1. The Morgan fingerprint density at radius 3 is 2.44 bits per heavy atom. The topological polar surface area (TPSA) is 209 Å². The number of hydrogen-bond donors (Lipinski definition) is 2. The molecule has 1 aliphatic rings. The number of thioether (sulfide) groups is 1. The number of benzene rings is 1. The molecule has 0 aromatic heterocycles. The van der Waals surface area contributed by atoms with Gasteiger partial charge < -0.3 is 19.0 Å². The van der Waals surface area contributed by atoms with Gasteiger partial charge in [-0.1, -0.05) is 26.8 Å². The Hall–Kier alpha value is -2.16. The molecule has 2 rings (SSSR count). The van der Waals surface area contributed by atoms with Crippen LogP contribution in [0.4, 0.5) is 5.69 Å². The minimum absolute atomic E-state index is 0.126. The SMILES string of the molecule is Cc1ccc(OC(=O)CN2C(=O)CC(SCOP(=O)(O)OCCOP(=O)(O)CC(C)(C)C)C2=O)c([N+](=O)[O-])c1. The molecule has 2 N–H and O–H groups in total. The van der Waals surface area contributed by atoms with E-state index in [0.717, 1.165) is 0 Å². The number of likely N-dealkylation sites (tertiary alicyclic amines) is 1. The van der Waals surface area contributed by atoms with Crippen molar-refractivity contribution < 1.29 is 56.5 Å². The quantitative estimate of drug-likeness (QED) is 0.0452. The van der Waals surface area contributed by atoms with Gasteiger partial charge in [-0.15, -0.1) is 11.8 Å². The van der Waals surface area contributed by atoms with Crippen molar-refractivity contribution in [2.45, 2.75) is 39.4 Å². The largest absolute Gasteiger partial charge is 0.473 e. The number of esters is 1. The van der Waals surface area contributed by atoms with Crippen molar-refractivity contribution in [1.29, 1.82) is 0 Å². The maximum atomic E-state index is 12.6. The molecule has 1 saturated heterocycles. The number of ether oxygens (including phenoxy) is 1. The van der Waals surface area contributed by atoms with Crippen LogP contribution in [-0.2, 0) is 37.1 Å². The molecule has 15 nitrogen and oxygen atoms in total. The molecule has 18 heteroatoms. The molecule has 0 radical (unpaired) electrons. The molecule has 3 unspecified atom stereocenters. The number of hydrogen-bond acceptors (Lipinski definition) is 12. The van der Waals surface area contributed by atoms with Crippen LogP contribution in [0.25, 0.3) is 0 Å². The number of rotatable bonds is 14. The highest BCUT2D eigenvalue weighted by Gasteiger charge is 2.41. The summed E-state index contributed by atoms with van der Waals surface area (Å²) in [5.41, 5.74) is -0.369. The van der Waals surface area contributed by atoms with Crippen molar-refractivity contribution in [3.8, 4) is 5.75 Å². The fourth-order valence-corrected chi connectivity index (χ4v) is 6.78. The monoisotopic (exact) mass is 612 g/mol. The molecule has 2 amide bonds. The van der Waals surface area contributed by atoms with Crippen LogP contribution >= 0.6 is 27.2 Å². The standard InChI is InChI=1S/C21H30N2O13P2S/c1-14-5-6-16(15(9-14)23(27)28)36-19(25)11-22-18(24)10-17(20(22)26)39-13-35-38(31,32)34-8-7-33-37(29,30)12-21(2,3)4/h5-6,9,17H,7-8,10-13H2,1-4H3,(H,29,30)(H,31,32). The zero-order valence-corrected chi connectivity index (χ0v) is 24.2. The molecule has 218 valence electrons. The number of phosphoric acid groups is 1. The van der Waals surface area contributed by atoms with Crippen LogP contribution in [0.15, 0.2) is 18.2 Å². The molecule has 3 atom stereocenters. The zero-order chi connectivity index (χ0) is 29.6. The first-order valence-electron chi connectivity index (χ1n) is 11.4. The van der Waals surface area contributed by atoms with Gasteiger partial charge in [-0.05, 0) is 24.0 Å². The summed E-state index contributed by atoms with van der Waals surface area (Å²) in [6.07, 6.45) is -0.451. The van der Waals surface area contributed by atoms with Crippen LogP contribution in [0.3, 0.4) is 0 Å². The molecule has 1 aliphatic heterocycles. The third-order valence-corrected chi connectivity index (χ3v) is 8.91. The van der Waals surface area contributed by atoms with Gasteiger partial charge in [0.1, 0.15) is 12.5 Å². The second kappa shape index (κ2) is 13.5. The summed E-state index contributed by atoms with van der Waals surface area (Å²) < 4.78 is 43.2. The van der Waals surface area contributed by atoms with E-state index in [-0.39, 0.29) is 18.3 Å². The lowest BCUT2D eigenvalue weighted by molar-refractivity contribution is -0.385. The lowest BCUT2D eigenvalue weighted by Crippen LogP contribution is -2.37. The lowest BCUT2D eigenvalue weighted by atomic mass is 10.0. The van der Waals surface area contributed by atoms with Gasteiger partial charge in [-0.2, -0.15) is 0 Å². The molecule has 0 spiro atoms. The van der Waals surface area contributed by atoms with Gasteiger partial charge in [-0.3, -0.25) is 38.2 Å². The van der Waals surface area contributed by atoms with Gasteiger partial charge in [0, 0.05) is 12.5 Å². The van der Waals surface area contributed by atoms with Gasteiger partial charge in [0.05, 0.1) is 29.5 Å². The third-order valence-electron chi connectivity index (χ3n) is 4.81. The first kappa shape index (κ1) is 33.0. The van der Waals surface area contributed by atoms with E-state index < -0.39 is 80.2 Å². The van der Waals surface area contributed by atoms with E-state index in [1.807, 2.05) is 0 Å². The van der Waals surface area contributed by atoms with E-state index in [1.54, 1.807) is 27.7 Å². The Balaban J connectivity index is 1.80. The Kier molecular flexibility index (Phi) is 11.4. The minimum atomic E-state index is -4.61. The molecular weight excluding hydrogens is 582 g/mol. The molecule has 0 aliphatic carbocycles. The van der Waals surface area contributed by atoms with Crippen LogP contribution in [0.5, 0.6) is 5.75 Å². The summed E-state index contributed by atoms with van der Waals surface area (Å²) in [5.74, 6) is -3.43. The number of carbonyl (C=O) groups is 3. The van der Waals surface area contributed by atoms with Crippen molar-refractivity contribution >= 4 is 50.7 Å². The maximum absolute atomic E-state index is 12.6. The van der Waals surface area contributed by atoms with E-state index in [2.05, 4.69) is 4.52 Å². The third kappa shape index (κ3) is 11.1. The summed E-state index contributed by atoms with van der Waals surface area (Å²) in [6, 6.07) is 3.92. The Morgan fingerprint density at radius 1 is 1.18 bits per heavy atom. The van der Waals surface area contributed by atoms with Crippen LogP contribution in [0.1, 0.15) is 32.8 Å². The van der Waals surface area contributed by atoms with E-state index in [4.69, 9.17) is 13.8 Å². The molecule has 0 saturated carbocycles. The highest BCUT2D eigenvalue weighted by atomic mass is 32.2. The predicted molar refractivity (Wildman–Crippen MR) is 138 cm³/mol. The van der Waals surface area contributed by atoms with Crippen molar-refractivity contribution in [2.75, 3.05) is 31.9 Å². The smallest absolute Gasteiger partial charge is 0.418 e. The number of amides is 2. The Labute approximate surface area is 228 Å². The van der Waals surface area contributed by atoms with Gasteiger partial charge in [0.15, 0.2) is 0 Å². The number of nitro groups is 1. The highest BCUT2D eigenvalue weighted by Crippen LogP contribution is 2.48. The van der Waals surface area contributed by atoms with Crippen molar-refractivity contribution in [2.24, 2.45) is 5.41 Å². The number of carbonyl (C=O) groups excluding carboxylic acids is 3. The number of nitrogens with zero attached hydrogens (tertiary/aromatic N) is 2. The first-order chi connectivity index (χ1) is 17.9. The summed E-state index contributed by atoms with van der Waals surface area (Å²) in [5, 5.41) is 10.2. The van der Waals surface area contributed by atoms with E-state index in [0.29, 0.717) is 22.2 Å². The van der Waals surface area contributed by atoms with Gasteiger partial charge in [0.2, 0.25) is 17.6 Å². The van der Waals surface area contributed by atoms with Crippen molar-refractivity contribution in [1.82, 2.24) is 4.90 Å². The first-order valence-corrected chi connectivity index (χ1v) is 15.7. The zero-order valence-electron chi connectivity index (χ0n) is 21.6. The highest BCUT2D eigenvalue weighted by molar-refractivity contribution is 8.00. The Morgan fingerprint density at radius 2 is 1.82 bits per heavy atom. The van der Waals surface area contributed by atoms with Crippen molar-refractivity contribution in [3.63, 3.8) is 0 Å². The summed E-state index contributed by atoms with van der Waals surface area (Å²) in [7, 11) is -8.53. The molecular formula is C21H30N2O13P2S. The average Bonchev–Trinajstić information content (AvgIpc) is 3.03. The fourth-order valence-electron chi connectivity index (χ4n) is 3.28. The normalized spacial score (nSPS) is 19.0. The molecule has 39 heavy (non-hydrogen) atoms. The average molecular weight is 612 g/mol. The Bertz CT molecular complexity index is 1200. The van der Waals surface area contributed by atoms with E-state index in [1.165, 1.54) is 18.2 Å². The van der Waals surface area contributed by atoms with E-state index in [9.17, 15) is 43.4 Å². The van der Waals surface area contributed by atoms with E-state index >= 15 is 0 Å². The van der Waals surface area contributed by atoms with Crippen LogP contribution < -0.4 is 4.74 Å². The summed E-state index contributed by atoms with van der Waals surface area (Å²) in [6.45, 7) is 5.09. The van der Waals surface area contributed by atoms with Crippen LogP contribution in [0, 0.1) is 22.5 Å². The number of phosphoric ester groups is 1. The summed E-state index contributed by atoms with van der Waals surface area (Å²) >= 11 is 0.712. The molecule has 0 bridgehead atoms. The second-order valence-corrected chi connectivity index (χ2v) is 14.1. The van der Waals surface area contributed by atoms with Gasteiger partial charge in [0.25, 0.3) is 0 Å². The number of imide groups is 1. The molecule has 1 fully saturated rings. The minimum Gasteiger partial charge on any atom is -0.418 e. The van der Waals surface area contributed by atoms with Gasteiger partial charge in [-0.25, -0.2) is 9.36 Å². The van der Waals surface area contributed by atoms with Crippen LogP contribution in [-0.4, -0.2) is 74.5 Å². The van der Waals surface area contributed by atoms with Crippen LogP contribution in [0.2, 0.25) is 0 Å². The second-order valence-electron chi connectivity index (χ2n) is 9.62. The van der Waals surface area contributed by atoms with Crippen molar-refractivity contribution in [3.05, 3.63) is 33.9 Å². The fraction of sp³-hybridized carbons (Fsp3) is 0.571. The number of nitro benzene ring substituents is 1. The predicted octanol–water partition coefficient (Wildman–Crippen LogP) is 3.01. The molecule has 1 aromatic carbocycles. The maximum Gasteiger partial charge on any atom is 0.473 e. The summed E-state index contributed by atoms with van der Waals surface area (Å²) in [4.78, 5) is 67.7. The van der Waals surface area contributed by atoms with Gasteiger partial charge >= 0.3 is 27.1 Å².